The highest BCUT2D eigenvalue weighted by molar-refractivity contribution is 5.51. The number of rotatable bonds is 5. The number of hydrogen-bond acceptors (Lipinski definition) is 6. The smallest absolute Gasteiger partial charge is 0.240 e. The van der Waals surface area contributed by atoms with Crippen LogP contribution < -0.4 is 24.7 Å². The van der Waals surface area contributed by atoms with Gasteiger partial charge in [-0.05, 0) is 24.6 Å². The molecule has 2 heterocycles. The molecular weight excluding hydrogens is 272 g/mol. The molecule has 0 atom stereocenters. The largest absolute Gasteiger partial charge is 0.476 e. The molecule has 0 saturated carbocycles. The summed E-state index contributed by atoms with van der Waals surface area (Å²) in [6.07, 6.45) is 0.883. The average molecular weight is 288 g/mol. The molecule has 6 heteroatoms. The summed E-state index contributed by atoms with van der Waals surface area (Å²) in [6, 6.07) is 8.74. The maximum Gasteiger partial charge on any atom is 0.240 e. The number of ether oxygens (including phenoxy) is 4. The minimum absolute atomic E-state index is 0.230. The molecule has 1 aliphatic heterocycles. The first-order chi connectivity index (χ1) is 10.3. The third-order valence-electron chi connectivity index (χ3n) is 2.87. The summed E-state index contributed by atoms with van der Waals surface area (Å²) in [4.78, 5) is 4.26. The van der Waals surface area contributed by atoms with Crippen LogP contribution in [0.5, 0.6) is 29.0 Å². The fraction of sp³-hybridized carbons (Fsp3) is 0.267. The summed E-state index contributed by atoms with van der Waals surface area (Å²) in [5.74, 6) is 2.77. The quantitative estimate of drug-likeness (QED) is 0.911. The maximum absolute atomic E-state index is 5.82. The Kier molecular flexibility index (Phi) is 3.68. The molecule has 110 valence electrons. The molecule has 1 aromatic heterocycles. The van der Waals surface area contributed by atoms with E-state index < -0.39 is 0 Å². The number of anilines is 1. The van der Waals surface area contributed by atoms with E-state index in [-0.39, 0.29) is 6.79 Å². The van der Waals surface area contributed by atoms with E-state index in [9.17, 15) is 0 Å². The summed E-state index contributed by atoms with van der Waals surface area (Å²) in [5.41, 5.74) is 6.31. The van der Waals surface area contributed by atoms with Gasteiger partial charge in [0, 0.05) is 12.1 Å². The van der Waals surface area contributed by atoms with Crippen molar-refractivity contribution >= 4 is 5.69 Å². The Morgan fingerprint density at radius 2 is 2.05 bits per heavy atom. The van der Waals surface area contributed by atoms with E-state index in [1.807, 2.05) is 6.92 Å². The predicted octanol–water partition coefficient (Wildman–Crippen LogP) is 2.97. The molecule has 2 N–H and O–H groups in total. The molecule has 0 saturated heterocycles. The predicted molar refractivity (Wildman–Crippen MR) is 77.1 cm³/mol. The van der Waals surface area contributed by atoms with Gasteiger partial charge >= 0.3 is 0 Å². The Morgan fingerprint density at radius 3 is 2.90 bits per heavy atom. The molecule has 0 aliphatic carbocycles. The van der Waals surface area contributed by atoms with Gasteiger partial charge in [0.2, 0.25) is 18.6 Å². The SMILES string of the molecule is CCCOc1nc(Oc2ccc3c(c2)OCO3)ccc1N. The third-order valence-corrected chi connectivity index (χ3v) is 2.87. The van der Waals surface area contributed by atoms with Crippen molar-refractivity contribution in [3.8, 4) is 29.0 Å². The van der Waals surface area contributed by atoms with Gasteiger partial charge in [0.15, 0.2) is 11.5 Å². The van der Waals surface area contributed by atoms with Gasteiger partial charge in [-0.3, -0.25) is 0 Å². The van der Waals surface area contributed by atoms with Gasteiger partial charge in [0.05, 0.1) is 12.3 Å². The number of nitrogens with two attached hydrogens (primary N) is 1. The lowest BCUT2D eigenvalue weighted by Gasteiger charge is -2.10. The standard InChI is InChI=1S/C15H16N2O4/c1-2-7-18-15-11(16)4-6-14(17-15)21-10-3-5-12-13(8-10)20-9-19-12/h3-6,8H,2,7,9,16H2,1H3. The van der Waals surface area contributed by atoms with Gasteiger partial charge in [0.25, 0.3) is 0 Å². The highest BCUT2D eigenvalue weighted by Crippen LogP contribution is 2.36. The fourth-order valence-corrected chi connectivity index (χ4v) is 1.87. The molecule has 1 aromatic carbocycles. The second-order valence-corrected chi connectivity index (χ2v) is 4.51. The molecule has 1 aliphatic rings. The lowest BCUT2D eigenvalue weighted by atomic mass is 10.3. The first kappa shape index (κ1) is 13.4. The van der Waals surface area contributed by atoms with E-state index in [1.165, 1.54) is 0 Å². The van der Waals surface area contributed by atoms with Gasteiger partial charge < -0.3 is 24.7 Å². The van der Waals surface area contributed by atoms with E-state index in [0.29, 0.717) is 41.3 Å². The lowest BCUT2D eigenvalue weighted by molar-refractivity contribution is 0.174. The Balaban J connectivity index is 1.78. The van der Waals surface area contributed by atoms with Crippen molar-refractivity contribution in [2.45, 2.75) is 13.3 Å². The zero-order valence-corrected chi connectivity index (χ0v) is 11.7. The Labute approximate surface area is 122 Å². The molecule has 0 amide bonds. The highest BCUT2D eigenvalue weighted by Gasteiger charge is 2.14. The summed E-state index contributed by atoms with van der Waals surface area (Å²) in [6.45, 7) is 2.81. The van der Waals surface area contributed by atoms with Crippen LogP contribution in [0, 0.1) is 0 Å². The normalized spacial score (nSPS) is 12.2. The van der Waals surface area contributed by atoms with Crippen LogP contribution in [0.1, 0.15) is 13.3 Å². The Hall–Kier alpha value is -2.63. The van der Waals surface area contributed by atoms with Gasteiger partial charge in [-0.2, -0.15) is 4.98 Å². The van der Waals surface area contributed by atoms with Crippen molar-refractivity contribution in [3.63, 3.8) is 0 Å². The van der Waals surface area contributed by atoms with Crippen LogP contribution in [0.4, 0.5) is 5.69 Å². The highest BCUT2D eigenvalue weighted by atomic mass is 16.7. The maximum atomic E-state index is 5.82. The lowest BCUT2D eigenvalue weighted by Crippen LogP contribution is -2.02. The fourth-order valence-electron chi connectivity index (χ4n) is 1.87. The molecule has 0 fully saturated rings. The van der Waals surface area contributed by atoms with Gasteiger partial charge in [-0.25, -0.2) is 0 Å². The van der Waals surface area contributed by atoms with Gasteiger partial charge in [-0.15, -0.1) is 0 Å². The number of nitrogen functional groups attached to an aromatic ring is 1. The second kappa shape index (κ2) is 5.78. The number of pyridine rings is 1. The van der Waals surface area contributed by atoms with Crippen LogP contribution >= 0.6 is 0 Å². The average Bonchev–Trinajstić information content (AvgIpc) is 2.95. The number of hydrogen-bond donors (Lipinski definition) is 1. The molecule has 0 spiro atoms. The number of aromatic nitrogens is 1. The van der Waals surface area contributed by atoms with Gasteiger partial charge in [-0.1, -0.05) is 6.92 Å². The molecule has 0 bridgehead atoms. The molecule has 3 rings (SSSR count). The third kappa shape index (κ3) is 2.94. The van der Waals surface area contributed by atoms with E-state index in [4.69, 9.17) is 24.7 Å². The van der Waals surface area contributed by atoms with Crippen molar-refractivity contribution in [1.29, 1.82) is 0 Å². The van der Waals surface area contributed by atoms with Crippen LogP contribution in [0.2, 0.25) is 0 Å². The Bertz CT molecular complexity index is 646. The van der Waals surface area contributed by atoms with Crippen LogP contribution in [-0.4, -0.2) is 18.4 Å². The van der Waals surface area contributed by atoms with Crippen LogP contribution in [0.3, 0.4) is 0 Å². The zero-order chi connectivity index (χ0) is 14.7. The second-order valence-electron chi connectivity index (χ2n) is 4.51. The minimum atomic E-state index is 0.230. The molecule has 0 unspecified atom stereocenters. The van der Waals surface area contributed by atoms with E-state index in [0.717, 1.165) is 6.42 Å². The number of benzene rings is 1. The number of nitrogens with zero attached hydrogens (tertiary/aromatic N) is 1. The van der Waals surface area contributed by atoms with Crippen LogP contribution in [-0.2, 0) is 0 Å². The van der Waals surface area contributed by atoms with Crippen LogP contribution in [0.15, 0.2) is 30.3 Å². The summed E-state index contributed by atoms with van der Waals surface area (Å²) < 4.78 is 21.7. The van der Waals surface area contributed by atoms with E-state index in [1.54, 1.807) is 30.3 Å². The minimum Gasteiger partial charge on any atom is -0.476 e. The van der Waals surface area contributed by atoms with Gasteiger partial charge in [0.1, 0.15) is 5.75 Å². The zero-order valence-electron chi connectivity index (χ0n) is 11.7. The van der Waals surface area contributed by atoms with E-state index in [2.05, 4.69) is 4.98 Å². The summed E-state index contributed by atoms with van der Waals surface area (Å²) in [7, 11) is 0. The molecule has 2 aromatic rings. The molecular formula is C15H16N2O4. The summed E-state index contributed by atoms with van der Waals surface area (Å²) in [5, 5.41) is 0. The first-order valence-electron chi connectivity index (χ1n) is 6.73. The monoisotopic (exact) mass is 288 g/mol. The van der Waals surface area contributed by atoms with Crippen molar-refractivity contribution in [3.05, 3.63) is 30.3 Å². The molecule has 21 heavy (non-hydrogen) atoms. The Morgan fingerprint density at radius 1 is 1.19 bits per heavy atom. The van der Waals surface area contributed by atoms with E-state index >= 15 is 0 Å². The summed E-state index contributed by atoms with van der Waals surface area (Å²) >= 11 is 0. The van der Waals surface area contributed by atoms with Crippen LogP contribution in [0.25, 0.3) is 0 Å². The molecule has 0 radical (unpaired) electrons. The van der Waals surface area contributed by atoms with Crippen molar-refractivity contribution in [1.82, 2.24) is 4.98 Å². The topological polar surface area (TPSA) is 75.8 Å². The number of fused-ring (bicyclic) bond motifs is 1. The first-order valence-corrected chi connectivity index (χ1v) is 6.73. The van der Waals surface area contributed by atoms with Crippen molar-refractivity contribution in [2.24, 2.45) is 0 Å². The molecule has 6 nitrogen and oxygen atoms in total. The van der Waals surface area contributed by atoms with Crippen molar-refractivity contribution < 1.29 is 18.9 Å². The van der Waals surface area contributed by atoms with Crippen molar-refractivity contribution in [2.75, 3.05) is 19.1 Å².